The van der Waals surface area contributed by atoms with Gasteiger partial charge in [0.05, 0.1) is 6.42 Å². The van der Waals surface area contributed by atoms with Crippen molar-refractivity contribution >= 4 is 23.6 Å². The Labute approximate surface area is 105 Å². The largest absolute Gasteiger partial charge is 0.453 e. The van der Waals surface area contributed by atoms with E-state index in [1.807, 2.05) is 30.3 Å². The number of rotatable bonds is 6. The van der Waals surface area contributed by atoms with Crippen molar-refractivity contribution in [2.45, 2.75) is 24.3 Å². The Hall–Kier alpha value is -1.49. The lowest BCUT2D eigenvalue weighted by molar-refractivity contribution is -0.153. The van der Waals surface area contributed by atoms with Crippen LogP contribution in [0.15, 0.2) is 35.2 Å². The molecule has 0 heterocycles. The van der Waals surface area contributed by atoms with Gasteiger partial charge in [0.25, 0.3) is 5.91 Å². The van der Waals surface area contributed by atoms with E-state index in [-0.39, 0.29) is 6.42 Å². The first-order valence-corrected chi connectivity index (χ1v) is 6.25. The number of hydrogen-bond donors (Lipinski definition) is 1. The van der Waals surface area contributed by atoms with Gasteiger partial charge in [-0.15, -0.1) is 11.8 Å². The van der Waals surface area contributed by atoms with Crippen LogP contribution in [0.2, 0.25) is 0 Å². The molecule has 0 radical (unpaired) electrons. The number of amides is 1. The maximum Gasteiger partial charge on any atom is 0.307 e. The maximum atomic E-state index is 11.3. The van der Waals surface area contributed by atoms with Gasteiger partial charge >= 0.3 is 5.97 Å². The molecule has 0 spiro atoms. The Kier molecular flexibility index (Phi) is 5.56. The minimum absolute atomic E-state index is 0.261. The quantitative estimate of drug-likeness (QED) is 0.617. The van der Waals surface area contributed by atoms with Crippen molar-refractivity contribution in [3.63, 3.8) is 0 Å². The number of hydrogen-bond acceptors (Lipinski definition) is 4. The highest BCUT2D eigenvalue weighted by Crippen LogP contribution is 2.17. The minimum Gasteiger partial charge on any atom is -0.453 e. The molecule has 0 aromatic heterocycles. The van der Waals surface area contributed by atoms with Gasteiger partial charge < -0.3 is 10.5 Å². The smallest absolute Gasteiger partial charge is 0.307 e. The van der Waals surface area contributed by atoms with Crippen LogP contribution in [0.3, 0.4) is 0 Å². The average molecular weight is 253 g/mol. The lowest BCUT2D eigenvalue weighted by Crippen LogP contribution is -2.30. The summed E-state index contributed by atoms with van der Waals surface area (Å²) in [6, 6.07) is 9.77. The van der Waals surface area contributed by atoms with E-state index in [0.29, 0.717) is 5.75 Å². The second-order valence-electron chi connectivity index (χ2n) is 3.45. The van der Waals surface area contributed by atoms with Gasteiger partial charge in [-0.05, 0) is 19.1 Å². The predicted octanol–water partition coefficient (Wildman–Crippen LogP) is 1.59. The van der Waals surface area contributed by atoms with Crippen LogP contribution in [-0.4, -0.2) is 23.7 Å². The van der Waals surface area contributed by atoms with E-state index >= 15 is 0 Å². The molecular formula is C12H15NO3S. The highest BCUT2D eigenvalue weighted by molar-refractivity contribution is 7.99. The van der Waals surface area contributed by atoms with Crippen LogP contribution in [-0.2, 0) is 14.3 Å². The molecule has 17 heavy (non-hydrogen) atoms. The summed E-state index contributed by atoms with van der Waals surface area (Å²) >= 11 is 1.57. The number of carbonyl (C=O) groups is 2. The van der Waals surface area contributed by atoms with Crippen molar-refractivity contribution in [3.8, 4) is 0 Å². The zero-order valence-electron chi connectivity index (χ0n) is 9.59. The number of ether oxygens (including phenoxy) is 1. The molecule has 92 valence electrons. The molecule has 1 atom stereocenters. The summed E-state index contributed by atoms with van der Waals surface area (Å²) in [5.74, 6) is -0.414. The molecule has 0 saturated carbocycles. The van der Waals surface area contributed by atoms with Crippen LogP contribution in [0.5, 0.6) is 0 Å². The Bertz CT molecular complexity index is 381. The highest BCUT2D eigenvalue weighted by Gasteiger charge is 2.13. The number of esters is 1. The molecule has 1 aromatic rings. The van der Waals surface area contributed by atoms with Gasteiger partial charge in [0, 0.05) is 10.6 Å². The van der Waals surface area contributed by atoms with E-state index in [1.165, 1.54) is 6.92 Å². The van der Waals surface area contributed by atoms with Crippen LogP contribution in [0, 0.1) is 0 Å². The third-order valence-corrected chi connectivity index (χ3v) is 3.04. The lowest BCUT2D eigenvalue weighted by atomic mass is 10.4. The Morgan fingerprint density at radius 2 is 2.00 bits per heavy atom. The van der Waals surface area contributed by atoms with Crippen LogP contribution in [0.25, 0.3) is 0 Å². The molecule has 0 aliphatic carbocycles. The summed E-state index contributed by atoms with van der Waals surface area (Å²) in [7, 11) is 0. The van der Waals surface area contributed by atoms with E-state index in [4.69, 9.17) is 10.5 Å². The Morgan fingerprint density at radius 3 is 2.59 bits per heavy atom. The van der Waals surface area contributed by atoms with E-state index in [0.717, 1.165) is 4.90 Å². The molecule has 5 heteroatoms. The molecule has 0 bridgehead atoms. The zero-order chi connectivity index (χ0) is 12.7. The number of primary amides is 1. The topological polar surface area (TPSA) is 69.4 Å². The summed E-state index contributed by atoms with van der Waals surface area (Å²) in [4.78, 5) is 23.1. The first-order valence-electron chi connectivity index (χ1n) is 5.26. The predicted molar refractivity (Wildman–Crippen MR) is 66.5 cm³/mol. The Balaban J connectivity index is 2.23. The number of nitrogens with two attached hydrogens (primary N) is 1. The van der Waals surface area contributed by atoms with Crippen LogP contribution in [0.4, 0.5) is 0 Å². The normalized spacial score (nSPS) is 11.8. The van der Waals surface area contributed by atoms with Gasteiger partial charge in [0.15, 0.2) is 6.10 Å². The zero-order valence-corrected chi connectivity index (χ0v) is 10.4. The lowest BCUT2D eigenvalue weighted by Gasteiger charge is -2.09. The summed E-state index contributed by atoms with van der Waals surface area (Å²) in [6.07, 6.45) is -0.596. The molecule has 2 N–H and O–H groups in total. The molecule has 0 aliphatic rings. The molecule has 1 aromatic carbocycles. The highest BCUT2D eigenvalue weighted by atomic mass is 32.2. The van der Waals surface area contributed by atoms with Gasteiger partial charge in [-0.2, -0.15) is 0 Å². The van der Waals surface area contributed by atoms with E-state index < -0.39 is 18.0 Å². The summed E-state index contributed by atoms with van der Waals surface area (Å²) < 4.78 is 4.82. The van der Waals surface area contributed by atoms with E-state index in [2.05, 4.69) is 0 Å². The fourth-order valence-corrected chi connectivity index (χ4v) is 1.94. The summed E-state index contributed by atoms with van der Waals surface area (Å²) in [5.41, 5.74) is 4.98. The second kappa shape index (κ2) is 6.96. The van der Waals surface area contributed by atoms with Crippen LogP contribution < -0.4 is 5.73 Å². The number of carbonyl (C=O) groups excluding carboxylic acids is 2. The van der Waals surface area contributed by atoms with Gasteiger partial charge in [-0.3, -0.25) is 9.59 Å². The standard InChI is InChI=1S/C12H15NO3S/c1-9(12(13)15)16-11(14)7-8-17-10-5-3-2-4-6-10/h2-6,9H,7-8H2,1H3,(H2,13,15)/t9-/m1/s1. The Morgan fingerprint density at radius 1 is 1.35 bits per heavy atom. The maximum absolute atomic E-state index is 11.3. The van der Waals surface area contributed by atoms with Gasteiger partial charge in [-0.1, -0.05) is 18.2 Å². The van der Waals surface area contributed by atoms with E-state index in [9.17, 15) is 9.59 Å². The molecular weight excluding hydrogens is 238 g/mol. The average Bonchev–Trinajstić information content (AvgIpc) is 2.30. The minimum atomic E-state index is -0.857. The first-order chi connectivity index (χ1) is 8.09. The number of benzene rings is 1. The molecule has 1 amide bonds. The summed E-state index contributed by atoms with van der Waals surface area (Å²) in [5, 5.41) is 0. The fourth-order valence-electron chi connectivity index (χ4n) is 1.08. The first kappa shape index (κ1) is 13.6. The molecule has 0 saturated heterocycles. The molecule has 1 rings (SSSR count). The van der Waals surface area contributed by atoms with Crippen LogP contribution >= 0.6 is 11.8 Å². The van der Waals surface area contributed by atoms with E-state index in [1.54, 1.807) is 11.8 Å². The van der Waals surface area contributed by atoms with Crippen molar-refractivity contribution in [2.75, 3.05) is 5.75 Å². The third-order valence-electron chi connectivity index (χ3n) is 2.03. The number of thioether (sulfide) groups is 1. The van der Waals surface area contributed by atoms with Crippen molar-refractivity contribution in [1.29, 1.82) is 0 Å². The van der Waals surface area contributed by atoms with Gasteiger partial charge in [-0.25, -0.2) is 0 Å². The van der Waals surface area contributed by atoms with Crippen molar-refractivity contribution in [2.24, 2.45) is 5.73 Å². The molecule has 4 nitrogen and oxygen atoms in total. The molecule has 0 unspecified atom stereocenters. The fraction of sp³-hybridized carbons (Fsp3) is 0.333. The van der Waals surface area contributed by atoms with Crippen molar-refractivity contribution in [1.82, 2.24) is 0 Å². The monoisotopic (exact) mass is 253 g/mol. The van der Waals surface area contributed by atoms with Gasteiger partial charge in [0.1, 0.15) is 0 Å². The molecule has 0 aliphatic heterocycles. The second-order valence-corrected chi connectivity index (χ2v) is 4.61. The summed E-state index contributed by atoms with van der Waals surface area (Å²) in [6.45, 7) is 1.46. The van der Waals surface area contributed by atoms with Gasteiger partial charge in [0.2, 0.25) is 0 Å². The van der Waals surface area contributed by atoms with Crippen molar-refractivity contribution in [3.05, 3.63) is 30.3 Å². The van der Waals surface area contributed by atoms with Crippen LogP contribution in [0.1, 0.15) is 13.3 Å². The SMILES string of the molecule is C[C@@H](OC(=O)CCSc1ccccc1)C(N)=O. The molecule has 0 fully saturated rings. The third kappa shape index (κ3) is 5.40. The van der Waals surface area contributed by atoms with Crippen molar-refractivity contribution < 1.29 is 14.3 Å².